The van der Waals surface area contributed by atoms with Crippen LogP contribution in [0.25, 0.3) is 0 Å². The van der Waals surface area contributed by atoms with E-state index in [2.05, 4.69) is 12.0 Å². The number of ether oxygens (including phenoxy) is 1. The summed E-state index contributed by atoms with van der Waals surface area (Å²) >= 11 is 0. The van der Waals surface area contributed by atoms with Crippen LogP contribution in [0.2, 0.25) is 0 Å². The molecule has 0 bridgehead atoms. The fourth-order valence-corrected chi connectivity index (χ4v) is 4.17. The lowest BCUT2D eigenvalue weighted by atomic mass is 9.82. The van der Waals surface area contributed by atoms with Gasteiger partial charge < -0.3 is 9.22 Å². The van der Waals surface area contributed by atoms with E-state index in [-0.39, 0.29) is 5.97 Å². The Kier molecular flexibility index (Phi) is 4.24. The number of hydrogen-bond donors (Lipinski definition) is 0. The molecule has 3 heterocycles. The molecule has 0 aromatic carbocycles. The van der Waals surface area contributed by atoms with Crippen LogP contribution in [0.15, 0.2) is 24.4 Å². The summed E-state index contributed by atoms with van der Waals surface area (Å²) in [5.41, 5.74) is 0.411. The first-order valence-electron chi connectivity index (χ1n) is 8.11. The third-order valence-electron chi connectivity index (χ3n) is 5.31. The summed E-state index contributed by atoms with van der Waals surface area (Å²) in [6, 6.07) is 6.01. The number of nitrogens with zero attached hydrogens (tertiary/aromatic N) is 2. The van der Waals surface area contributed by atoms with Gasteiger partial charge in [0, 0.05) is 18.5 Å². The Labute approximate surface area is 126 Å². The molecule has 2 aliphatic heterocycles. The molecule has 0 unspecified atom stereocenters. The molecule has 2 aliphatic rings. The molecule has 1 aromatic rings. The van der Waals surface area contributed by atoms with Crippen molar-refractivity contribution in [1.82, 2.24) is 4.98 Å². The first-order valence-corrected chi connectivity index (χ1v) is 8.11. The molecule has 1 aromatic heterocycles. The van der Waals surface area contributed by atoms with E-state index < -0.39 is 0 Å². The van der Waals surface area contributed by atoms with Crippen molar-refractivity contribution in [3.63, 3.8) is 0 Å². The second-order valence-electron chi connectivity index (χ2n) is 6.71. The lowest BCUT2D eigenvalue weighted by Gasteiger charge is -2.51. The highest BCUT2D eigenvalue weighted by Crippen LogP contribution is 2.36. The van der Waals surface area contributed by atoms with Gasteiger partial charge in [-0.05, 0) is 37.8 Å². The van der Waals surface area contributed by atoms with Gasteiger partial charge in [-0.3, -0.25) is 0 Å². The van der Waals surface area contributed by atoms with E-state index in [1.807, 2.05) is 12.1 Å². The van der Waals surface area contributed by atoms with Crippen molar-refractivity contribution in [3.05, 3.63) is 30.1 Å². The SMILES string of the molecule is C[N@+]12CCCC[C@@H]1[C@H](COC(=O)c1ccccn1)CCC2. The summed E-state index contributed by atoms with van der Waals surface area (Å²) in [5, 5.41) is 0. The molecule has 21 heavy (non-hydrogen) atoms. The molecule has 2 saturated heterocycles. The maximum atomic E-state index is 12.0. The predicted molar refractivity (Wildman–Crippen MR) is 80.8 cm³/mol. The standard InChI is InChI=1S/C17H25N2O2/c1-19-11-5-3-9-16(19)14(7-6-12-19)13-21-17(20)15-8-2-4-10-18-15/h2,4,8,10,14,16H,3,5-7,9,11-13H2,1H3/q+1/t14-,16+,19+/m0/s1. The van der Waals surface area contributed by atoms with E-state index in [0.29, 0.717) is 24.3 Å². The Morgan fingerprint density at radius 1 is 1.29 bits per heavy atom. The summed E-state index contributed by atoms with van der Waals surface area (Å²) in [4.78, 5) is 16.1. The Bertz CT molecular complexity index is 487. The summed E-state index contributed by atoms with van der Waals surface area (Å²) in [7, 11) is 2.39. The van der Waals surface area contributed by atoms with Gasteiger partial charge in [-0.2, -0.15) is 0 Å². The molecule has 3 atom stereocenters. The van der Waals surface area contributed by atoms with Crippen molar-refractivity contribution in [2.24, 2.45) is 5.92 Å². The number of quaternary nitrogens is 1. The minimum Gasteiger partial charge on any atom is -0.460 e. The molecular weight excluding hydrogens is 264 g/mol. The van der Waals surface area contributed by atoms with Crippen LogP contribution in [0.1, 0.15) is 42.6 Å². The van der Waals surface area contributed by atoms with E-state index >= 15 is 0 Å². The molecule has 0 amide bonds. The van der Waals surface area contributed by atoms with Crippen LogP contribution in [0.3, 0.4) is 0 Å². The minimum absolute atomic E-state index is 0.286. The number of rotatable bonds is 3. The highest BCUT2D eigenvalue weighted by atomic mass is 16.5. The monoisotopic (exact) mass is 289 g/mol. The van der Waals surface area contributed by atoms with Crippen LogP contribution in [-0.4, -0.2) is 48.2 Å². The fourth-order valence-electron chi connectivity index (χ4n) is 4.17. The maximum Gasteiger partial charge on any atom is 0.356 e. The molecular formula is C17H25N2O2+. The van der Waals surface area contributed by atoms with Crippen molar-refractivity contribution < 1.29 is 14.0 Å². The molecule has 4 heteroatoms. The van der Waals surface area contributed by atoms with Gasteiger partial charge in [-0.25, -0.2) is 9.78 Å². The topological polar surface area (TPSA) is 39.2 Å². The summed E-state index contributed by atoms with van der Waals surface area (Å²) < 4.78 is 6.74. The number of aromatic nitrogens is 1. The zero-order chi connectivity index (χ0) is 14.7. The van der Waals surface area contributed by atoms with Gasteiger partial charge in [0.1, 0.15) is 12.3 Å². The molecule has 0 aliphatic carbocycles. The number of esters is 1. The fraction of sp³-hybridized carbons (Fsp3) is 0.647. The van der Waals surface area contributed by atoms with Crippen LogP contribution in [0, 0.1) is 5.92 Å². The second kappa shape index (κ2) is 6.14. The highest BCUT2D eigenvalue weighted by molar-refractivity contribution is 5.87. The van der Waals surface area contributed by atoms with Crippen molar-refractivity contribution in [2.45, 2.75) is 38.1 Å². The number of fused-ring (bicyclic) bond motifs is 1. The van der Waals surface area contributed by atoms with E-state index in [1.54, 1.807) is 12.3 Å². The van der Waals surface area contributed by atoms with Crippen LogP contribution in [-0.2, 0) is 4.74 Å². The Morgan fingerprint density at radius 3 is 2.95 bits per heavy atom. The second-order valence-corrected chi connectivity index (χ2v) is 6.71. The Hall–Kier alpha value is -1.42. The summed E-state index contributed by atoms with van der Waals surface area (Å²) in [5.74, 6) is 0.225. The van der Waals surface area contributed by atoms with Crippen LogP contribution >= 0.6 is 0 Å². The summed E-state index contributed by atoms with van der Waals surface area (Å²) in [6.07, 6.45) is 8.01. The van der Waals surface area contributed by atoms with Crippen molar-refractivity contribution >= 4 is 5.97 Å². The van der Waals surface area contributed by atoms with Crippen LogP contribution in [0.5, 0.6) is 0 Å². The van der Waals surface area contributed by atoms with Crippen LogP contribution < -0.4 is 0 Å². The first-order chi connectivity index (χ1) is 10.2. The number of carbonyl (C=O) groups is 1. The van der Waals surface area contributed by atoms with E-state index in [4.69, 9.17) is 4.74 Å². The van der Waals surface area contributed by atoms with Gasteiger partial charge in [-0.1, -0.05) is 6.07 Å². The Morgan fingerprint density at radius 2 is 2.14 bits per heavy atom. The maximum absolute atomic E-state index is 12.0. The third-order valence-corrected chi connectivity index (χ3v) is 5.31. The van der Waals surface area contributed by atoms with E-state index in [9.17, 15) is 4.79 Å². The predicted octanol–water partition coefficient (Wildman–Crippen LogP) is 2.65. The van der Waals surface area contributed by atoms with Gasteiger partial charge in [0.15, 0.2) is 0 Å². The quantitative estimate of drug-likeness (QED) is 0.634. The van der Waals surface area contributed by atoms with Crippen molar-refractivity contribution in [1.29, 1.82) is 0 Å². The largest absolute Gasteiger partial charge is 0.460 e. The highest BCUT2D eigenvalue weighted by Gasteiger charge is 2.43. The Balaban J connectivity index is 1.61. The number of carbonyl (C=O) groups excluding carboxylic acids is 1. The zero-order valence-electron chi connectivity index (χ0n) is 12.8. The molecule has 4 nitrogen and oxygen atoms in total. The zero-order valence-corrected chi connectivity index (χ0v) is 12.8. The van der Waals surface area contributed by atoms with Crippen molar-refractivity contribution in [3.8, 4) is 0 Å². The average Bonchev–Trinajstić information content (AvgIpc) is 2.52. The average molecular weight is 289 g/mol. The molecule has 0 radical (unpaired) electrons. The molecule has 0 N–H and O–H groups in total. The van der Waals surface area contributed by atoms with Gasteiger partial charge >= 0.3 is 5.97 Å². The number of hydrogen-bond acceptors (Lipinski definition) is 3. The molecule has 2 fully saturated rings. The summed E-state index contributed by atoms with van der Waals surface area (Å²) in [6.45, 7) is 3.12. The van der Waals surface area contributed by atoms with Crippen molar-refractivity contribution in [2.75, 3.05) is 26.7 Å². The molecule has 3 rings (SSSR count). The molecule has 114 valence electrons. The van der Waals surface area contributed by atoms with E-state index in [1.165, 1.54) is 49.7 Å². The van der Waals surface area contributed by atoms with Gasteiger partial charge in [0.25, 0.3) is 0 Å². The van der Waals surface area contributed by atoms with Gasteiger partial charge in [0.05, 0.1) is 26.2 Å². The van der Waals surface area contributed by atoms with Crippen LogP contribution in [0.4, 0.5) is 0 Å². The third kappa shape index (κ3) is 3.10. The lowest BCUT2D eigenvalue weighted by molar-refractivity contribution is -0.947. The van der Waals surface area contributed by atoms with Gasteiger partial charge in [-0.15, -0.1) is 0 Å². The van der Waals surface area contributed by atoms with E-state index in [0.717, 1.165) is 0 Å². The first kappa shape index (κ1) is 14.5. The normalized spacial score (nSPS) is 32.2. The number of pyridine rings is 1. The minimum atomic E-state index is -0.286. The smallest absolute Gasteiger partial charge is 0.356 e. The molecule has 0 spiro atoms. The van der Waals surface area contributed by atoms with Gasteiger partial charge in [0.2, 0.25) is 0 Å². The number of piperidine rings is 2. The lowest BCUT2D eigenvalue weighted by Crippen LogP contribution is -2.61. The molecule has 0 saturated carbocycles.